The van der Waals surface area contributed by atoms with Crippen LogP contribution in [0, 0.1) is 11.6 Å². The Bertz CT molecular complexity index is 874. The van der Waals surface area contributed by atoms with Crippen molar-refractivity contribution in [3.05, 3.63) is 64.7 Å². The van der Waals surface area contributed by atoms with Crippen molar-refractivity contribution in [1.29, 1.82) is 0 Å². The average Bonchev–Trinajstić information content (AvgIpc) is 3.06. The van der Waals surface area contributed by atoms with Crippen LogP contribution in [0.2, 0.25) is 0 Å². The maximum Gasteiger partial charge on any atom is 0.322 e. The van der Waals surface area contributed by atoms with Crippen LogP contribution in [-0.4, -0.2) is 35.2 Å². The van der Waals surface area contributed by atoms with Gasteiger partial charge in [-0.3, -0.25) is 0 Å². The molecule has 2 atom stereocenters. The van der Waals surface area contributed by atoms with Gasteiger partial charge in [-0.15, -0.1) is 0 Å². The van der Waals surface area contributed by atoms with Gasteiger partial charge in [0.15, 0.2) is 11.6 Å². The predicted octanol–water partition coefficient (Wildman–Crippen LogP) is 2.95. The van der Waals surface area contributed by atoms with Crippen LogP contribution >= 0.6 is 0 Å². The van der Waals surface area contributed by atoms with Crippen molar-refractivity contribution in [2.45, 2.75) is 31.5 Å². The van der Waals surface area contributed by atoms with Gasteiger partial charge < -0.3 is 20.6 Å². The molecule has 2 aliphatic rings. The Balaban J connectivity index is 1.53. The number of benzene rings is 2. The van der Waals surface area contributed by atoms with Crippen LogP contribution < -0.4 is 10.6 Å². The fourth-order valence-corrected chi connectivity index (χ4v) is 3.83. The number of anilines is 1. The molecule has 2 aliphatic heterocycles. The van der Waals surface area contributed by atoms with Crippen molar-refractivity contribution in [3.8, 4) is 0 Å². The molecule has 2 aromatic rings. The number of hydrogen-bond donors (Lipinski definition) is 3. The average molecular weight is 373 g/mol. The summed E-state index contributed by atoms with van der Waals surface area (Å²) in [4.78, 5) is 14.3. The van der Waals surface area contributed by atoms with Crippen LogP contribution in [0.1, 0.15) is 29.2 Å². The zero-order valence-corrected chi connectivity index (χ0v) is 14.7. The van der Waals surface area contributed by atoms with E-state index in [-0.39, 0.29) is 19.0 Å². The lowest BCUT2D eigenvalue weighted by Gasteiger charge is -2.25. The van der Waals surface area contributed by atoms with E-state index in [9.17, 15) is 18.7 Å². The second kappa shape index (κ2) is 7.25. The van der Waals surface area contributed by atoms with Gasteiger partial charge in [0.1, 0.15) is 0 Å². The van der Waals surface area contributed by atoms with Gasteiger partial charge >= 0.3 is 6.03 Å². The smallest absolute Gasteiger partial charge is 0.322 e. The monoisotopic (exact) mass is 373 g/mol. The molecule has 0 aromatic heterocycles. The molecule has 2 aromatic carbocycles. The van der Waals surface area contributed by atoms with Crippen LogP contribution in [-0.2, 0) is 13.0 Å². The number of nitrogens with one attached hydrogen (secondary N) is 2. The number of rotatable bonds is 2. The van der Waals surface area contributed by atoms with Gasteiger partial charge in [-0.25, -0.2) is 13.6 Å². The van der Waals surface area contributed by atoms with Crippen LogP contribution in [0.3, 0.4) is 0 Å². The van der Waals surface area contributed by atoms with E-state index in [0.29, 0.717) is 11.3 Å². The van der Waals surface area contributed by atoms with Gasteiger partial charge in [0, 0.05) is 18.8 Å². The predicted molar refractivity (Wildman–Crippen MR) is 97.3 cm³/mol. The van der Waals surface area contributed by atoms with Gasteiger partial charge in [0.25, 0.3) is 0 Å². The Hall–Kier alpha value is -2.51. The number of fused-ring (bicyclic) bond motifs is 1. The molecule has 0 spiro atoms. The summed E-state index contributed by atoms with van der Waals surface area (Å²) in [7, 11) is 0. The topological polar surface area (TPSA) is 64.6 Å². The Labute approximate surface area is 156 Å². The van der Waals surface area contributed by atoms with E-state index < -0.39 is 23.8 Å². The Morgan fingerprint density at radius 2 is 2.00 bits per heavy atom. The minimum absolute atomic E-state index is 0.141. The van der Waals surface area contributed by atoms with Gasteiger partial charge in [0.05, 0.1) is 12.1 Å². The minimum atomic E-state index is -0.962. The van der Waals surface area contributed by atoms with Crippen molar-refractivity contribution in [2.75, 3.05) is 18.4 Å². The molecular formula is C20H21F2N3O2. The highest BCUT2D eigenvalue weighted by atomic mass is 19.2. The van der Waals surface area contributed by atoms with E-state index in [1.165, 1.54) is 16.5 Å². The molecule has 1 saturated heterocycles. The minimum Gasteiger partial charge on any atom is -0.391 e. The first-order chi connectivity index (χ1) is 13.0. The van der Waals surface area contributed by atoms with E-state index in [1.807, 2.05) is 18.2 Å². The summed E-state index contributed by atoms with van der Waals surface area (Å²) in [5.41, 5.74) is 3.56. The molecule has 7 heteroatoms. The quantitative estimate of drug-likeness (QED) is 0.758. The zero-order chi connectivity index (χ0) is 19.0. The largest absolute Gasteiger partial charge is 0.391 e. The first kappa shape index (κ1) is 17.9. The molecule has 142 valence electrons. The number of urea groups is 1. The number of amides is 2. The van der Waals surface area contributed by atoms with Crippen LogP contribution in [0.25, 0.3) is 0 Å². The molecule has 5 nitrogen and oxygen atoms in total. The Morgan fingerprint density at radius 1 is 1.15 bits per heavy atom. The van der Waals surface area contributed by atoms with Gasteiger partial charge in [-0.05, 0) is 60.3 Å². The fraction of sp³-hybridized carbons (Fsp3) is 0.350. The van der Waals surface area contributed by atoms with E-state index >= 15 is 0 Å². The van der Waals surface area contributed by atoms with Crippen molar-refractivity contribution < 1.29 is 18.7 Å². The number of likely N-dealkylation sites (tertiary alicyclic amines) is 1. The molecule has 0 saturated carbocycles. The molecule has 2 amide bonds. The number of carbonyl (C=O) groups excluding carboxylic acids is 1. The second-order valence-corrected chi connectivity index (χ2v) is 7.07. The molecule has 27 heavy (non-hydrogen) atoms. The molecule has 4 rings (SSSR count). The third kappa shape index (κ3) is 3.65. The lowest BCUT2D eigenvalue weighted by atomic mass is 10.0. The van der Waals surface area contributed by atoms with Crippen molar-refractivity contribution in [1.82, 2.24) is 10.2 Å². The number of nitrogens with zero attached hydrogens (tertiary/aromatic N) is 1. The molecule has 2 unspecified atom stereocenters. The molecule has 0 bridgehead atoms. The van der Waals surface area contributed by atoms with Gasteiger partial charge in [-0.2, -0.15) is 0 Å². The van der Waals surface area contributed by atoms with Crippen LogP contribution in [0.5, 0.6) is 0 Å². The van der Waals surface area contributed by atoms with Gasteiger partial charge in [0.2, 0.25) is 0 Å². The number of carbonyl (C=O) groups is 1. The van der Waals surface area contributed by atoms with E-state index in [4.69, 9.17) is 0 Å². The number of hydrogen-bond acceptors (Lipinski definition) is 3. The zero-order valence-electron chi connectivity index (χ0n) is 14.7. The van der Waals surface area contributed by atoms with Crippen molar-refractivity contribution in [2.24, 2.45) is 0 Å². The third-order valence-electron chi connectivity index (χ3n) is 5.21. The Morgan fingerprint density at radius 3 is 2.81 bits per heavy atom. The summed E-state index contributed by atoms with van der Waals surface area (Å²) in [5, 5.41) is 16.2. The molecule has 2 heterocycles. The second-order valence-electron chi connectivity index (χ2n) is 7.07. The summed E-state index contributed by atoms with van der Waals surface area (Å²) >= 11 is 0. The maximum absolute atomic E-state index is 13.6. The summed E-state index contributed by atoms with van der Waals surface area (Å²) in [5.74, 6) is -1.90. The Kier molecular flexibility index (Phi) is 4.80. The van der Waals surface area contributed by atoms with Crippen molar-refractivity contribution in [3.63, 3.8) is 0 Å². The summed E-state index contributed by atoms with van der Waals surface area (Å²) in [6, 6.07) is 8.52. The number of halogens is 2. The third-order valence-corrected chi connectivity index (χ3v) is 5.21. The highest BCUT2D eigenvalue weighted by molar-refractivity contribution is 5.90. The lowest BCUT2D eigenvalue weighted by molar-refractivity contribution is 0.175. The molecule has 3 N–H and O–H groups in total. The molecule has 0 aliphatic carbocycles. The molecule has 0 radical (unpaired) electrons. The first-order valence-electron chi connectivity index (χ1n) is 9.04. The SMILES string of the molecule is O=C(Nc1ccc2c(c1)CNCC2)N1CC(O)CC1c1ccc(F)c(F)c1. The van der Waals surface area contributed by atoms with Gasteiger partial charge in [-0.1, -0.05) is 12.1 Å². The molecular weight excluding hydrogens is 352 g/mol. The number of aliphatic hydroxyl groups excluding tert-OH is 1. The van der Waals surface area contributed by atoms with E-state index in [1.54, 1.807) is 0 Å². The fourth-order valence-electron chi connectivity index (χ4n) is 3.83. The summed E-state index contributed by atoms with van der Waals surface area (Å²) in [6.07, 6.45) is 0.536. The highest BCUT2D eigenvalue weighted by Crippen LogP contribution is 2.33. The first-order valence-corrected chi connectivity index (χ1v) is 9.04. The maximum atomic E-state index is 13.6. The number of β-amino-alcohol motifs (C(OH)–C–C–N with tert-alkyl or cyclic N) is 1. The standard InChI is InChI=1S/C20H21F2N3O2/c21-17-4-2-13(8-18(17)22)19-9-16(26)11-25(19)20(27)24-15-3-1-12-5-6-23-10-14(12)7-15/h1-4,7-8,16,19,23,26H,5-6,9-11H2,(H,24,27). The normalized spacial score (nSPS) is 21.8. The summed E-state index contributed by atoms with van der Waals surface area (Å²) in [6.45, 7) is 1.85. The van der Waals surface area contributed by atoms with Crippen LogP contribution in [0.4, 0.5) is 19.3 Å². The van der Waals surface area contributed by atoms with E-state index in [0.717, 1.165) is 37.2 Å². The lowest BCUT2D eigenvalue weighted by Crippen LogP contribution is -2.35. The number of aliphatic hydroxyl groups is 1. The molecule has 1 fully saturated rings. The van der Waals surface area contributed by atoms with E-state index in [2.05, 4.69) is 10.6 Å². The highest BCUT2D eigenvalue weighted by Gasteiger charge is 2.35. The van der Waals surface area contributed by atoms with Crippen LogP contribution in [0.15, 0.2) is 36.4 Å². The van der Waals surface area contributed by atoms with Crippen molar-refractivity contribution >= 4 is 11.7 Å². The summed E-state index contributed by atoms with van der Waals surface area (Å²) < 4.78 is 26.8.